The molecule has 0 fully saturated rings. The zero-order chi connectivity index (χ0) is 22.5. The minimum absolute atomic E-state index is 0.0191. The van der Waals surface area contributed by atoms with Gasteiger partial charge >= 0.3 is 6.18 Å². The highest BCUT2D eigenvalue weighted by atomic mass is 32.2. The lowest BCUT2D eigenvalue weighted by Crippen LogP contribution is -2.31. The number of carbonyl (C=O) groups excluding carboxylic acids is 1. The summed E-state index contributed by atoms with van der Waals surface area (Å²) in [6.45, 7) is 3.02. The molecule has 11 heteroatoms. The number of rotatable bonds is 8. The Morgan fingerprint density at radius 1 is 1.13 bits per heavy atom. The number of carbonyl (C=O) groups is 1. The first kappa shape index (κ1) is 23.6. The van der Waals surface area contributed by atoms with E-state index in [4.69, 9.17) is 4.74 Å². The molecule has 1 atom stereocenters. The summed E-state index contributed by atoms with van der Waals surface area (Å²) >= 11 is 0. The van der Waals surface area contributed by atoms with Crippen molar-refractivity contribution in [3.8, 4) is 5.75 Å². The molecule has 0 heterocycles. The van der Waals surface area contributed by atoms with Crippen molar-refractivity contribution in [2.45, 2.75) is 37.4 Å². The Balaban J connectivity index is 1.97. The van der Waals surface area contributed by atoms with Gasteiger partial charge in [-0.2, -0.15) is 13.2 Å². The number of amides is 1. The van der Waals surface area contributed by atoms with Gasteiger partial charge in [-0.15, -0.1) is 0 Å². The molecule has 164 valence electrons. The van der Waals surface area contributed by atoms with Crippen molar-refractivity contribution in [2.24, 2.45) is 0 Å². The molecule has 0 saturated carbocycles. The smallest absolute Gasteiger partial charge is 0.419 e. The second-order valence-electron chi connectivity index (χ2n) is 6.43. The molecule has 0 unspecified atom stereocenters. The maximum Gasteiger partial charge on any atom is 0.419 e. The van der Waals surface area contributed by atoms with Gasteiger partial charge in [0.15, 0.2) is 6.61 Å². The summed E-state index contributed by atoms with van der Waals surface area (Å²) in [6.07, 6.45) is -4.28. The Morgan fingerprint density at radius 3 is 2.33 bits per heavy atom. The number of nitrogens with one attached hydrogen (secondary N) is 2. The predicted octanol–water partition coefficient (Wildman–Crippen LogP) is 3.94. The Labute approximate surface area is 171 Å². The van der Waals surface area contributed by atoms with E-state index in [0.717, 1.165) is 6.07 Å². The van der Waals surface area contributed by atoms with Crippen LogP contribution in [0.15, 0.2) is 47.4 Å². The third kappa shape index (κ3) is 6.42. The molecule has 6 nitrogen and oxygen atoms in total. The molecule has 0 aliphatic rings. The van der Waals surface area contributed by atoms with Crippen LogP contribution in [0.25, 0.3) is 0 Å². The Morgan fingerprint density at radius 2 is 1.77 bits per heavy atom. The molecule has 0 aromatic heterocycles. The monoisotopic (exact) mass is 448 g/mol. The number of anilines is 1. The molecule has 0 aliphatic carbocycles. The van der Waals surface area contributed by atoms with Crippen LogP contribution in [-0.4, -0.2) is 27.0 Å². The van der Waals surface area contributed by atoms with E-state index in [1.54, 1.807) is 6.92 Å². The molecular formula is C19H20F4N2O4S. The fraction of sp³-hybridized carbons (Fsp3) is 0.316. The first-order valence-electron chi connectivity index (χ1n) is 8.84. The van der Waals surface area contributed by atoms with Gasteiger partial charge in [0.1, 0.15) is 11.6 Å². The van der Waals surface area contributed by atoms with Crippen LogP contribution >= 0.6 is 0 Å². The maximum absolute atomic E-state index is 13.3. The van der Waals surface area contributed by atoms with E-state index in [2.05, 4.69) is 10.0 Å². The van der Waals surface area contributed by atoms with Crippen LogP contribution in [0, 0.1) is 5.82 Å². The highest BCUT2D eigenvalue weighted by Crippen LogP contribution is 2.33. The Kier molecular flexibility index (Phi) is 7.43. The zero-order valence-electron chi connectivity index (χ0n) is 16.1. The molecule has 0 saturated heterocycles. The summed E-state index contributed by atoms with van der Waals surface area (Å²) in [4.78, 5) is 11.9. The quantitative estimate of drug-likeness (QED) is 0.600. The number of hydrogen-bond acceptors (Lipinski definition) is 4. The average molecular weight is 448 g/mol. The van der Waals surface area contributed by atoms with Crippen LogP contribution in [-0.2, 0) is 21.0 Å². The summed E-state index contributed by atoms with van der Waals surface area (Å²) in [5, 5.41) is 2.18. The van der Waals surface area contributed by atoms with E-state index in [1.807, 2.05) is 6.92 Å². The first-order chi connectivity index (χ1) is 13.9. The second kappa shape index (κ2) is 9.43. The van der Waals surface area contributed by atoms with Crippen molar-refractivity contribution in [1.29, 1.82) is 0 Å². The number of halogens is 4. The molecule has 2 N–H and O–H groups in total. The van der Waals surface area contributed by atoms with Gasteiger partial charge in [-0.05, 0) is 55.8 Å². The van der Waals surface area contributed by atoms with E-state index in [9.17, 15) is 30.8 Å². The number of sulfonamides is 1. The number of hydrogen-bond donors (Lipinski definition) is 2. The van der Waals surface area contributed by atoms with Gasteiger partial charge in [0.2, 0.25) is 10.0 Å². The van der Waals surface area contributed by atoms with E-state index in [0.29, 0.717) is 18.6 Å². The summed E-state index contributed by atoms with van der Waals surface area (Å²) in [5.74, 6) is -2.04. The first-order valence-corrected chi connectivity index (χ1v) is 10.3. The van der Waals surface area contributed by atoms with E-state index in [1.165, 1.54) is 24.3 Å². The second-order valence-corrected chi connectivity index (χ2v) is 8.15. The lowest BCUT2D eigenvalue weighted by molar-refractivity contribution is -0.140. The van der Waals surface area contributed by atoms with Crippen LogP contribution in [0.1, 0.15) is 25.8 Å². The number of benzene rings is 2. The molecule has 1 amide bonds. The normalized spacial score (nSPS) is 13.0. The molecule has 0 radical (unpaired) electrons. The lowest BCUT2D eigenvalue weighted by Gasteiger charge is -2.13. The van der Waals surface area contributed by atoms with Gasteiger partial charge in [0, 0.05) is 11.7 Å². The van der Waals surface area contributed by atoms with Gasteiger partial charge in [-0.3, -0.25) is 4.79 Å². The number of alkyl halides is 3. The molecular weight excluding hydrogens is 428 g/mol. The molecule has 0 aliphatic heterocycles. The lowest BCUT2D eigenvalue weighted by atomic mass is 10.2. The van der Waals surface area contributed by atoms with Crippen molar-refractivity contribution < 1.29 is 35.5 Å². The summed E-state index contributed by atoms with van der Waals surface area (Å²) in [5.41, 5.74) is -1.74. The molecule has 2 aromatic rings. The van der Waals surface area contributed by atoms with E-state index < -0.39 is 40.1 Å². The van der Waals surface area contributed by atoms with Gasteiger partial charge in [0.05, 0.1) is 10.5 Å². The van der Waals surface area contributed by atoms with Crippen LogP contribution in [0.5, 0.6) is 5.75 Å². The average Bonchev–Trinajstić information content (AvgIpc) is 2.67. The molecule has 2 aromatic carbocycles. The van der Waals surface area contributed by atoms with Crippen molar-refractivity contribution in [3.63, 3.8) is 0 Å². The highest BCUT2D eigenvalue weighted by Gasteiger charge is 2.34. The summed E-state index contributed by atoms with van der Waals surface area (Å²) in [6, 6.07) is 7.13. The predicted molar refractivity (Wildman–Crippen MR) is 102 cm³/mol. The van der Waals surface area contributed by atoms with Crippen LogP contribution in [0.2, 0.25) is 0 Å². The molecule has 30 heavy (non-hydrogen) atoms. The molecule has 2 rings (SSSR count). The largest absolute Gasteiger partial charge is 0.484 e. The minimum atomic E-state index is -4.90. The van der Waals surface area contributed by atoms with E-state index in [-0.39, 0.29) is 22.4 Å². The van der Waals surface area contributed by atoms with Gasteiger partial charge in [-0.1, -0.05) is 6.92 Å². The maximum atomic E-state index is 13.3. The summed E-state index contributed by atoms with van der Waals surface area (Å²) < 4.78 is 83.5. The Bertz CT molecular complexity index is 993. The number of ether oxygens (including phenoxy) is 1. The highest BCUT2D eigenvalue weighted by molar-refractivity contribution is 7.89. The third-order valence-corrected chi connectivity index (χ3v) is 5.63. The van der Waals surface area contributed by atoms with Crippen LogP contribution in [0.4, 0.5) is 23.2 Å². The molecule has 0 spiro atoms. The molecule has 0 bridgehead atoms. The van der Waals surface area contributed by atoms with E-state index >= 15 is 0 Å². The van der Waals surface area contributed by atoms with Crippen molar-refractivity contribution in [3.05, 3.63) is 53.8 Å². The van der Waals surface area contributed by atoms with Crippen molar-refractivity contribution >= 4 is 21.6 Å². The standard InChI is InChI=1S/C19H20F4N2O4S/c1-3-12(2)25-30(27,28)15-7-5-14(6-8-15)29-11-18(26)24-13-4-9-17(20)16(10-13)19(21,22)23/h4-10,12,25H,3,11H2,1-2H3,(H,24,26)/t12-/m0/s1. The fourth-order valence-electron chi connectivity index (χ4n) is 2.30. The third-order valence-electron chi connectivity index (χ3n) is 4.03. The van der Waals surface area contributed by atoms with Gasteiger partial charge in [-0.25, -0.2) is 17.5 Å². The minimum Gasteiger partial charge on any atom is -0.484 e. The van der Waals surface area contributed by atoms with Crippen molar-refractivity contribution in [1.82, 2.24) is 4.72 Å². The van der Waals surface area contributed by atoms with Gasteiger partial charge < -0.3 is 10.1 Å². The van der Waals surface area contributed by atoms with Crippen molar-refractivity contribution in [2.75, 3.05) is 11.9 Å². The summed E-state index contributed by atoms with van der Waals surface area (Å²) in [7, 11) is -3.69. The topological polar surface area (TPSA) is 84.5 Å². The van der Waals surface area contributed by atoms with Gasteiger partial charge in [0.25, 0.3) is 5.91 Å². The Hall–Kier alpha value is -2.66. The zero-order valence-corrected chi connectivity index (χ0v) is 16.9. The fourth-order valence-corrected chi connectivity index (χ4v) is 3.62. The van der Waals surface area contributed by atoms with Crippen LogP contribution in [0.3, 0.4) is 0 Å². The SMILES string of the molecule is CC[C@H](C)NS(=O)(=O)c1ccc(OCC(=O)Nc2ccc(F)c(C(F)(F)F)c2)cc1. The van der Waals surface area contributed by atoms with Crippen LogP contribution < -0.4 is 14.8 Å².